The van der Waals surface area contributed by atoms with E-state index in [2.05, 4.69) is 13.8 Å². The van der Waals surface area contributed by atoms with E-state index in [4.69, 9.17) is 0 Å². The minimum atomic E-state index is 1.01. The van der Waals surface area contributed by atoms with Crippen molar-refractivity contribution in [3.05, 3.63) is 0 Å². The van der Waals surface area contributed by atoms with Gasteiger partial charge < -0.3 is 0 Å². The van der Waals surface area contributed by atoms with Crippen LogP contribution < -0.4 is 0 Å². The first-order valence-electron chi connectivity index (χ1n) is 6.30. The van der Waals surface area contributed by atoms with Gasteiger partial charge in [0.05, 0.1) is 0 Å². The van der Waals surface area contributed by atoms with Crippen molar-refractivity contribution in [2.75, 3.05) is 0 Å². The van der Waals surface area contributed by atoms with Crippen LogP contribution in [0.25, 0.3) is 0 Å². The lowest BCUT2D eigenvalue weighted by atomic mass is 10.0. The summed E-state index contributed by atoms with van der Waals surface area (Å²) in [5.74, 6) is 2.03. The third-order valence-corrected chi connectivity index (χ3v) is 3.79. The maximum Gasteiger partial charge on any atom is -0.0417 e. The SMILES string of the molecule is C1CCCCC1.CC1CCCC1C. The van der Waals surface area contributed by atoms with Gasteiger partial charge in [-0.1, -0.05) is 71.6 Å². The molecule has 0 saturated heterocycles. The van der Waals surface area contributed by atoms with Crippen LogP contribution in [0, 0.1) is 11.8 Å². The van der Waals surface area contributed by atoms with Crippen molar-refractivity contribution >= 4 is 0 Å². The van der Waals surface area contributed by atoms with Gasteiger partial charge >= 0.3 is 0 Å². The smallest absolute Gasteiger partial charge is 0.0417 e. The van der Waals surface area contributed by atoms with Crippen molar-refractivity contribution in [2.45, 2.75) is 71.6 Å². The molecule has 2 aliphatic carbocycles. The molecule has 13 heavy (non-hydrogen) atoms. The summed E-state index contributed by atoms with van der Waals surface area (Å²) in [4.78, 5) is 0. The Labute approximate surface area is 84.1 Å². The van der Waals surface area contributed by atoms with Gasteiger partial charge in [0.2, 0.25) is 0 Å². The molecule has 0 bridgehead atoms. The van der Waals surface area contributed by atoms with E-state index < -0.39 is 0 Å². The molecule has 2 atom stereocenters. The molecular weight excluding hydrogens is 156 g/mol. The Hall–Kier alpha value is 0. The van der Waals surface area contributed by atoms with Crippen LogP contribution in [0.2, 0.25) is 0 Å². The predicted molar refractivity (Wildman–Crippen MR) is 59.9 cm³/mol. The zero-order valence-corrected chi connectivity index (χ0v) is 9.52. The molecule has 0 nitrogen and oxygen atoms in total. The lowest BCUT2D eigenvalue weighted by Gasteiger charge is -2.05. The summed E-state index contributed by atoms with van der Waals surface area (Å²) in [7, 11) is 0. The molecule has 78 valence electrons. The Morgan fingerprint density at radius 2 is 0.846 bits per heavy atom. The normalized spacial score (nSPS) is 33.7. The zero-order chi connectivity index (χ0) is 9.52. The van der Waals surface area contributed by atoms with E-state index >= 15 is 0 Å². The van der Waals surface area contributed by atoms with Crippen LogP contribution in [0.4, 0.5) is 0 Å². The van der Waals surface area contributed by atoms with Crippen LogP contribution in [0.1, 0.15) is 71.6 Å². The highest BCUT2D eigenvalue weighted by Crippen LogP contribution is 2.29. The summed E-state index contributed by atoms with van der Waals surface area (Å²) in [6.45, 7) is 4.72. The number of hydrogen-bond acceptors (Lipinski definition) is 0. The highest BCUT2D eigenvalue weighted by molar-refractivity contribution is 4.69. The molecule has 2 unspecified atom stereocenters. The summed E-state index contributed by atoms with van der Waals surface area (Å²) < 4.78 is 0. The third-order valence-electron chi connectivity index (χ3n) is 3.79. The van der Waals surface area contributed by atoms with Gasteiger partial charge in [0.1, 0.15) is 0 Å². The summed E-state index contributed by atoms with van der Waals surface area (Å²) in [6, 6.07) is 0. The Balaban J connectivity index is 0.000000132. The van der Waals surface area contributed by atoms with E-state index in [1.165, 1.54) is 57.8 Å². The van der Waals surface area contributed by atoms with Gasteiger partial charge in [-0.3, -0.25) is 0 Å². The van der Waals surface area contributed by atoms with Gasteiger partial charge in [-0.15, -0.1) is 0 Å². The fourth-order valence-corrected chi connectivity index (χ4v) is 2.39. The molecule has 0 radical (unpaired) electrons. The topological polar surface area (TPSA) is 0 Å². The van der Waals surface area contributed by atoms with Gasteiger partial charge in [-0.25, -0.2) is 0 Å². The van der Waals surface area contributed by atoms with Gasteiger partial charge in [0, 0.05) is 0 Å². The molecule has 2 aliphatic rings. The maximum atomic E-state index is 2.36. The van der Waals surface area contributed by atoms with E-state index in [0.717, 1.165) is 11.8 Å². The van der Waals surface area contributed by atoms with E-state index in [1.807, 2.05) is 0 Å². The number of hydrogen-bond donors (Lipinski definition) is 0. The second-order valence-corrected chi connectivity index (χ2v) is 5.01. The monoisotopic (exact) mass is 182 g/mol. The van der Waals surface area contributed by atoms with Crippen LogP contribution in [-0.4, -0.2) is 0 Å². The highest BCUT2D eigenvalue weighted by atomic mass is 14.2. The quantitative estimate of drug-likeness (QED) is 0.505. The van der Waals surface area contributed by atoms with Crippen molar-refractivity contribution in [2.24, 2.45) is 11.8 Å². The van der Waals surface area contributed by atoms with Crippen molar-refractivity contribution < 1.29 is 0 Å². The van der Waals surface area contributed by atoms with Crippen LogP contribution in [0.3, 0.4) is 0 Å². The molecule has 0 heterocycles. The molecular formula is C13H26. The second kappa shape index (κ2) is 6.45. The van der Waals surface area contributed by atoms with Gasteiger partial charge in [0.25, 0.3) is 0 Å². The molecule has 0 heteroatoms. The average Bonchev–Trinajstić information content (AvgIpc) is 2.55. The second-order valence-electron chi connectivity index (χ2n) is 5.01. The summed E-state index contributed by atoms with van der Waals surface area (Å²) in [5.41, 5.74) is 0. The predicted octanol–water partition coefficient (Wildman–Crippen LogP) is 4.78. The van der Waals surface area contributed by atoms with Crippen LogP contribution >= 0.6 is 0 Å². The third kappa shape index (κ3) is 4.69. The molecule has 0 spiro atoms. The summed E-state index contributed by atoms with van der Waals surface area (Å²) >= 11 is 0. The molecule has 2 saturated carbocycles. The molecule has 0 aromatic carbocycles. The molecule has 0 aromatic heterocycles. The zero-order valence-electron chi connectivity index (χ0n) is 9.52. The lowest BCUT2D eigenvalue weighted by molar-refractivity contribution is 0.457. The first kappa shape index (κ1) is 11.1. The molecule has 0 amide bonds. The average molecular weight is 182 g/mol. The van der Waals surface area contributed by atoms with Gasteiger partial charge in [-0.05, 0) is 11.8 Å². The van der Waals surface area contributed by atoms with Crippen molar-refractivity contribution in [1.82, 2.24) is 0 Å². The highest BCUT2D eigenvalue weighted by Gasteiger charge is 2.17. The van der Waals surface area contributed by atoms with E-state index in [9.17, 15) is 0 Å². The molecule has 0 aromatic rings. The van der Waals surface area contributed by atoms with Crippen molar-refractivity contribution in [3.63, 3.8) is 0 Å². The van der Waals surface area contributed by atoms with E-state index in [1.54, 1.807) is 0 Å². The number of rotatable bonds is 0. The van der Waals surface area contributed by atoms with Crippen molar-refractivity contribution in [1.29, 1.82) is 0 Å². The van der Waals surface area contributed by atoms with Crippen LogP contribution in [-0.2, 0) is 0 Å². The van der Waals surface area contributed by atoms with Crippen LogP contribution in [0.5, 0.6) is 0 Å². The first-order valence-corrected chi connectivity index (χ1v) is 6.30. The molecule has 0 N–H and O–H groups in total. The maximum absolute atomic E-state index is 2.36. The first-order chi connectivity index (χ1) is 6.30. The largest absolute Gasteiger partial charge is 0.0623 e. The van der Waals surface area contributed by atoms with Crippen LogP contribution in [0.15, 0.2) is 0 Å². The van der Waals surface area contributed by atoms with Crippen molar-refractivity contribution in [3.8, 4) is 0 Å². The van der Waals surface area contributed by atoms with Gasteiger partial charge in [0.15, 0.2) is 0 Å². The van der Waals surface area contributed by atoms with E-state index in [-0.39, 0.29) is 0 Å². The molecule has 2 fully saturated rings. The Bertz CT molecular complexity index is 93.7. The minimum absolute atomic E-state index is 1.01. The van der Waals surface area contributed by atoms with E-state index in [0.29, 0.717) is 0 Å². The Kier molecular flexibility index (Phi) is 5.50. The Morgan fingerprint density at radius 3 is 1.00 bits per heavy atom. The summed E-state index contributed by atoms with van der Waals surface area (Å²) in [5, 5.41) is 0. The fraction of sp³-hybridized carbons (Fsp3) is 1.00. The standard InChI is InChI=1S/C7H14.C6H12/c1-6-4-3-5-7(6)2;1-2-4-6-5-3-1/h6-7H,3-5H2,1-2H3;1-6H2. The molecule has 2 rings (SSSR count). The Morgan fingerprint density at radius 1 is 0.538 bits per heavy atom. The molecule has 0 aliphatic heterocycles. The summed E-state index contributed by atoms with van der Waals surface area (Å²) in [6.07, 6.45) is 13.4. The fourth-order valence-electron chi connectivity index (χ4n) is 2.39. The lowest BCUT2D eigenvalue weighted by Crippen LogP contribution is -1.95. The van der Waals surface area contributed by atoms with Gasteiger partial charge in [-0.2, -0.15) is 0 Å². The minimum Gasteiger partial charge on any atom is -0.0623 e.